The van der Waals surface area contributed by atoms with Crippen LogP contribution in [0.3, 0.4) is 0 Å². The largest absolute Gasteiger partial charge is 0.296 e. The number of aromatic nitrogens is 2. The van der Waals surface area contributed by atoms with E-state index in [1.807, 2.05) is 29.0 Å². The number of hydroxylamine groups is 1. The van der Waals surface area contributed by atoms with E-state index in [4.69, 9.17) is 5.21 Å². The molecule has 7 heteroatoms. The number of nitrogens with one attached hydrogen (secondary N) is 1. The minimum Gasteiger partial charge on any atom is -0.296 e. The summed E-state index contributed by atoms with van der Waals surface area (Å²) in [6.45, 7) is 1.79. The van der Waals surface area contributed by atoms with E-state index in [1.165, 1.54) is 23.2 Å². The molecule has 1 amide bonds. The highest BCUT2D eigenvalue weighted by Crippen LogP contribution is 2.34. The fourth-order valence-corrected chi connectivity index (χ4v) is 4.02. The van der Waals surface area contributed by atoms with Crippen molar-refractivity contribution in [1.29, 1.82) is 0 Å². The van der Waals surface area contributed by atoms with Gasteiger partial charge in [-0.3, -0.25) is 14.9 Å². The zero-order valence-corrected chi connectivity index (χ0v) is 16.0. The fourth-order valence-electron chi connectivity index (χ4n) is 4.02. The number of hydrogen-bond acceptors (Lipinski definition) is 4. The number of hydrogen-bond donors (Lipinski definition) is 2. The van der Waals surface area contributed by atoms with Crippen molar-refractivity contribution in [2.75, 3.05) is 13.1 Å². The standard InChI is InChI=1S/C22H23FN4O2/c23-19-14-16(7-9-22(28)25-29)6-8-18(19)21-5-3-11-26(21)13-10-17-15-24-27-12-2-1-4-20(17)27/h1-2,4,6-9,12,14-15,21,29H,3,5,10-11,13H2,(H,25,28). The van der Waals surface area contributed by atoms with Crippen LogP contribution in [0, 0.1) is 5.82 Å². The molecular weight excluding hydrogens is 371 g/mol. The third kappa shape index (κ3) is 4.21. The van der Waals surface area contributed by atoms with Crippen molar-refractivity contribution in [1.82, 2.24) is 20.0 Å². The predicted molar refractivity (Wildman–Crippen MR) is 108 cm³/mol. The molecule has 0 spiro atoms. The molecule has 0 radical (unpaired) electrons. The Bertz CT molecular complexity index is 1050. The van der Waals surface area contributed by atoms with Gasteiger partial charge in [-0.15, -0.1) is 0 Å². The van der Waals surface area contributed by atoms with Crippen molar-refractivity contribution in [3.63, 3.8) is 0 Å². The Hall–Kier alpha value is -3.03. The molecule has 1 unspecified atom stereocenters. The highest BCUT2D eigenvalue weighted by Gasteiger charge is 2.28. The molecule has 3 heterocycles. The molecule has 2 N–H and O–H groups in total. The van der Waals surface area contributed by atoms with Crippen LogP contribution in [-0.2, 0) is 11.2 Å². The van der Waals surface area contributed by atoms with E-state index in [0.29, 0.717) is 11.1 Å². The first-order chi connectivity index (χ1) is 14.2. The molecule has 1 atom stereocenters. The summed E-state index contributed by atoms with van der Waals surface area (Å²) in [5, 5.41) is 12.9. The Kier molecular flexibility index (Phi) is 5.69. The molecule has 1 fully saturated rings. The summed E-state index contributed by atoms with van der Waals surface area (Å²) in [6, 6.07) is 11.1. The van der Waals surface area contributed by atoms with Crippen molar-refractivity contribution in [3.8, 4) is 0 Å². The summed E-state index contributed by atoms with van der Waals surface area (Å²) in [5.41, 5.74) is 5.08. The number of fused-ring (bicyclic) bond motifs is 1. The normalized spacial score (nSPS) is 17.4. The first-order valence-electron chi connectivity index (χ1n) is 9.72. The van der Waals surface area contributed by atoms with Crippen molar-refractivity contribution >= 4 is 17.5 Å². The lowest BCUT2D eigenvalue weighted by molar-refractivity contribution is -0.124. The van der Waals surface area contributed by atoms with Crippen molar-refractivity contribution < 1.29 is 14.4 Å². The van der Waals surface area contributed by atoms with E-state index in [0.717, 1.165) is 43.9 Å². The lowest BCUT2D eigenvalue weighted by Crippen LogP contribution is -2.26. The van der Waals surface area contributed by atoms with Crippen LogP contribution in [0.5, 0.6) is 0 Å². The Morgan fingerprint density at radius 2 is 2.24 bits per heavy atom. The van der Waals surface area contributed by atoms with Crippen LogP contribution in [-0.4, -0.2) is 38.7 Å². The number of rotatable bonds is 6. The number of halogens is 1. The summed E-state index contributed by atoms with van der Waals surface area (Å²) in [5.74, 6) is -0.923. The van der Waals surface area contributed by atoms with Gasteiger partial charge in [-0.1, -0.05) is 18.2 Å². The van der Waals surface area contributed by atoms with E-state index >= 15 is 0 Å². The van der Waals surface area contributed by atoms with Gasteiger partial charge < -0.3 is 0 Å². The number of carbonyl (C=O) groups is 1. The van der Waals surface area contributed by atoms with E-state index in [9.17, 15) is 9.18 Å². The molecule has 1 aliphatic heterocycles. The summed E-state index contributed by atoms with van der Waals surface area (Å²) in [7, 11) is 0. The van der Waals surface area contributed by atoms with Crippen molar-refractivity contribution in [2.24, 2.45) is 0 Å². The number of amides is 1. The molecule has 1 aromatic carbocycles. The summed E-state index contributed by atoms with van der Waals surface area (Å²) >= 11 is 0. The molecule has 0 saturated carbocycles. The molecule has 2 aromatic heterocycles. The minimum atomic E-state index is -0.649. The molecule has 3 aromatic rings. The Morgan fingerprint density at radius 3 is 3.07 bits per heavy atom. The summed E-state index contributed by atoms with van der Waals surface area (Å²) < 4.78 is 16.7. The quantitative estimate of drug-likeness (QED) is 0.382. The fraction of sp³-hybridized carbons (Fsp3) is 0.273. The maximum atomic E-state index is 14.8. The lowest BCUT2D eigenvalue weighted by atomic mass is 10.0. The van der Waals surface area contributed by atoms with Gasteiger partial charge in [0, 0.05) is 30.4 Å². The minimum absolute atomic E-state index is 0.0515. The van der Waals surface area contributed by atoms with Gasteiger partial charge >= 0.3 is 0 Å². The number of likely N-dealkylation sites (tertiary alicyclic amines) is 1. The molecule has 1 saturated heterocycles. The lowest BCUT2D eigenvalue weighted by Gasteiger charge is -2.25. The van der Waals surface area contributed by atoms with E-state index in [-0.39, 0.29) is 11.9 Å². The van der Waals surface area contributed by atoms with Crippen LogP contribution in [0.25, 0.3) is 11.6 Å². The van der Waals surface area contributed by atoms with E-state index in [2.05, 4.69) is 16.1 Å². The summed E-state index contributed by atoms with van der Waals surface area (Å²) in [6.07, 6.45) is 9.30. The Morgan fingerprint density at radius 1 is 1.34 bits per heavy atom. The van der Waals surface area contributed by atoms with Crippen LogP contribution in [0.15, 0.2) is 54.9 Å². The molecule has 0 aliphatic carbocycles. The average molecular weight is 394 g/mol. The Labute approximate surface area is 168 Å². The maximum Gasteiger partial charge on any atom is 0.267 e. The highest BCUT2D eigenvalue weighted by molar-refractivity contribution is 5.90. The topological polar surface area (TPSA) is 69.9 Å². The van der Waals surface area contributed by atoms with Gasteiger partial charge in [-0.2, -0.15) is 5.10 Å². The number of benzene rings is 1. The third-order valence-electron chi connectivity index (χ3n) is 5.46. The first-order valence-corrected chi connectivity index (χ1v) is 9.72. The van der Waals surface area contributed by atoms with Gasteiger partial charge in [0.1, 0.15) is 5.82 Å². The average Bonchev–Trinajstić information content (AvgIpc) is 3.37. The van der Waals surface area contributed by atoms with Crippen LogP contribution in [0.1, 0.15) is 35.6 Å². The molecule has 4 rings (SSSR count). The number of nitrogens with zero attached hydrogens (tertiary/aromatic N) is 3. The predicted octanol–water partition coefficient (Wildman–Crippen LogP) is 3.37. The molecule has 0 bridgehead atoms. The van der Waals surface area contributed by atoms with Crippen LogP contribution < -0.4 is 5.48 Å². The molecule has 1 aliphatic rings. The van der Waals surface area contributed by atoms with Gasteiger partial charge in [-0.25, -0.2) is 14.4 Å². The second-order valence-electron chi connectivity index (χ2n) is 7.23. The van der Waals surface area contributed by atoms with Crippen LogP contribution in [0.2, 0.25) is 0 Å². The monoisotopic (exact) mass is 394 g/mol. The maximum absolute atomic E-state index is 14.8. The van der Waals surface area contributed by atoms with Gasteiger partial charge in [0.25, 0.3) is 5.91 Å². The van der Waals surface area contributed by atoms with E-state index < -0.39 is 5.91 Å². The molecule has 6 nitrogen and oxygen atoms in total. The Balaban J connectivity index is 1.46. The smallest absolute Gasteiger partial charge is 0.267 e. The second kappa shape index (κ2) is 8.55. The van der Waals surface area contributed by atoms with Gasteiger partial charge in [0.2, 0.25) is 0 Å². The number of carbonyl (C=O) groups excluding carboxylic acids is 1. The molecule has 150 valence electrons. The number of pyridine rings is 1. The van der Waals surface area contributed by atoms with Crippen molar-refractivity contribution in [3.05, 3.63) is 77.4 Å². The van der Waals surface area contributed by atoms with Gasteiger partial charge in [0.15, 0.2) is 0 Å². The molecule has 29 heavy (non-hydrogen) atoms. The van der Waals surface area contributed by atoms with Gasteiger partial charge in [0.05, 0.1) is 11.7 Å². The summed E-state index contributed by atoms with van der Waals surface area (Å²) in [4.78, 5) is 13.4. The zero-order chi connectivity index (χ0) is 20.2. The second-order valence-corrected chi connectivity index (χ2v) is 7.23. The zero-order valence-electron chi connectivity index (χ0n) is 16.0. The van der Waals surface area contributed by atoms with Crippen molar-refractivity contribution in [2.45, 2.75) is 25.3 Å². The van der Waals surface area contributed by atoms with Crippen LogP contribution in [0.4, 0.5) is 4.39 Å². The van der Waals surface area contributed by atoms with E-state index in [1.54, 1.807) is 12.1 Å². The molecular formula is C22H23FN4O2. The SMILES string of the molecule is O=C(C=Cc1ccc(C2CCCN2CCc2cnn3ccccc23)c(F)c1)NO. The highest BCUT2D eigenvalue weighted by atomic mass is 19.1. The third-order valence-corrected chi connectivity index (χ3v) is 5.46. The van der Waals surface area contributed by atoms with Crippen LogP contribution >= 0.6 is 0 Å². The first kappa shape index (κ1) is 19.3. The van der Waals surface area contributed by atoms with Gasteiger partial charge in [-0.05, 0) is 61.2 Å².